The molecule has 1 heterocycles. The van der Waals surface area contributed by atoms with Crippen LogP contribution in [-0.2, 0) is 14.9 Å². The van der Waals surface area contributed by atoms with E-state index in [9.17, 15) is 4.79 Å². The second-order valence-corrected chi connectivity index (χ2v) is 8.00. The normalized spacial score (nSPS) is 12.3. The summed E-state index contributed by atoms with van der Waals surface area (Å²) in [5, 5.41) is 4.76. The van der Waals surface area contributed by atoms with E-state index in [1.54, 1.807) is 30.7 Å². The molecule has 24 heavy (non-hydrogen) atoms. The van der Waals surface area contributed by atoms with Crippen LogP contribution in [0.2, 0.25) is 0 Å². The standard InChI is InChI=1S/C19H25AsN2O2/c1-6-24-18(23)13(2)10-14-8-7-9-15(11-14)22-17(20)12-16(21-22)19(3,4)5/h7-12H,6,20H2,1-5H3. The van der Waals surface area contributed by atoms with Gasteiger partial charge < -0.3 is 0 Å². The number of aromatic nitrogens is 2. The summed E-state index contributed by atoms with van der Waals surface area (Å²) in [7, 11) is 0. The van der Waals surface area contributed by atoms with Crippen LogP contribution in [0.3, 0.4) is 0 Å². The van der Waals surface area contributed by atoms with Crippen molar-refractivity contribution in [3.8, 4) is 5.69 Å². The van der Waals surface area contributed by atoms with E-state index in [0.29, 0.717) is 12.2 Å². The molecule has 0 saturated heterocycles. The fourth-order valence-corrected chi connectivity index (χ4v) is 3.03. The van der Waals surface area contributed by atoms with E-state index in [0.717, 1.165) is 21.4 Å². The minimum atomic E-state index is -0.281. The SMILES string of the molecule is CCOC(=O)C(C)=Cc1cccc(-n2nc(C(C)(C)C)cc2[AsH2])c1. The average Bonchev–Trinajstić information content (AvgIpc) is 2.90. The van der Waals surface area contributed by atoms with Crippen LogP contribution in [-0.4, -0.2) is 39.2 Å². The fraction of sp³-hybridized carbons (Fsp3) is 0.368. The van der Waals surface area contributed by atoms with E-state index in [2.05, 4.69) is 26.8 Å². The minimum absolute atomic E-state index is 0.0180. The average molecular weight is 388 g/mol. The third-order valence-corrected chi connectivity index (χ3v) is 4.46. The summed E-state index contributed by atoms with van der Waals surface area (Å²) in [4.78, 5) is 11.8. The predicted molar refractivity (Wildman–Crippen MR) is 101 cm³/mol. The van der Waals surface area contributed by atoms with Crippen molar-refractivity contribution >= 4 is 33.4 Å². The maximum atomic E-state index is 11.8. The van der Waals surface area contributed by atoms with Crippen molar-refractivity contribution in [2.75, 3.05) is 6.61 Å². The molecule has 0 aliphatic heterocycles. The van der Waals surface area contributed by atoms with Crippen LogP contribution in [0.4, 0.5) is 0 Å². The molecule has 0 bridgehead atoms. The molecule has 0 fully saturated rings. The predicted octanol–water partition coefficient (Wildman–Crippen LogP) is 2.39. The van der Waals surface area contributed by atoms with Crippen molar-refractivity contribution in [3.63, 3.8) is 0 Å². The summed E-state index contributed by atoms with van der Waals surface area (Å²) in [5.41, 5.74) is 3.63. The molecule has 1 aromatic carbocycles. The second-order valence-electron chi connectivity index (χ2n) is 6.76. The van der Waals surface area contributed by atoms with E-state index in [1.165, 1.54) is 0 Å². The van der Waals surface area contributed by atoms with Gasteiger partial charge in [-0.2, -0.15) is 0 Å². The van der Waals surface area contributed by atoms with Crippen LogP contribution in [0.5, 0.6) is 0 Å². The van der Waals surface area contributed by atoms with E-state index in [1.807, 2.05) is 35.0 Å². The van der Waals surface area contributed by atoms with Gasteiger partial charge in [0.2, 0.25) is 0 Å². The molecule has 1 atom stereocenters. The molecule has 1 unspecified atom stereocenters. The number of nitrogens with zero attached hydrogens (tertiary/aromatic N) is 2. The molecule has 5 heteroatoms. The Labute approximate surface area is 152 Å². The second kappa shape index (κ2) is 7.39. The van der Waals surface area contributed by atoms with Crippen molar-refractivity contribution in [3.05, 3.63) is 47.2 Å². The Hall–Kier alpha value is -1.80. The first-order valence-electron chi connectivity index (χ1n) is 8.04. The topological polar surface area (TPSA) is 44.1 Å². The number of esters is 1. The van der Waals surface area contributed by atoms with Crippen molar-refractivity contribution < 1.29 is 9.53 Å². The summed E-state index contributed by atoms with van der Waals surface area (Å²) < 4.78 is 8.15. The number of carbonyl (C=O) groups excluding carboxylic acids is 1. The summed E-state index contributed by atoms with van der Waals surface area (Å²) >= 11 is 1.54. The van der Waals surface area contributed by atoms with Gasteiger partial charge in [-0.05, 0) is 0 Å². The van der Waals surface area contributed by atoms with Crippen molar-refractivity contribution in [1.82, 2.24) is 9.78 Å². The Morgan fingerprint density at radius 3 is 2.62 bits per heavy atom. The van der Waals surface area contributed by atoms with Gasteiger partial charge in [-0.25, -0.2) is 0 Å². The Balaban J connectivity index is 2.36. The van der Waals surface area contributed by atoms with Gasteiger partial charge in [0.05, 0.1) is 0 Å². The summed E-state index contributed by atoms with van der Waals surface area (Å²) in [6.07, 6.45) is 1.84. The van der Waals surface area contributed by atoms with Gasteiger partial charge in [-0.1, -0.05) is 0 Å². The van der Waals surface area contributed by atoms with Crippen molar-refractivity contribution in [2.24, 2.45) is 0 Å². The molecule has 0 saturated carbocycles. The van der Waals surface area contributed by atoms with E-state index in [4.69, 9.17) is 9.84 Å². The first-order valence-corrected chi connectivity index (χ1v) is 9.25. The Morgan fingerprint density at radius 1 is 1.33 bits per heavy atom. The molecule has 0 aliphatic carbocycles. The van der Waals surface area contributed by atoms with Gasteiger partial charge in [-0.15, -0.1) is 0 Å². The van der Waals surface area contributed by atoms with E-state index in [-0.39, 0.29) is 11.4 Å². The summed E-state index contributed by atoms with van der Waals surface area (Å²) in [6.45, 7) is 10.4. The van der Waals surface area contributed by atoms with Crippen LogP contribution in [0.25, 0.3) is 11.8 Å². The Morgan fingerprint density at radius 2 is 2.04 bits per heavy atom. The number of hydrogen-bond donors (Lipinski definition) is 0. The number of carbonyl (C=O) groups is 1. The van der Waals surface area contributed by atoms with Gasteiger partial charge in [-0.3, -0.25) is 0 Å². The van der Waals surface area contributed by atoms with Gasteiger partial charge in [0, 0.05) is 0 Å². The molecule has 0 aliphatic rings. The first-order chi connectivity index (χ1) is 11.2. The zero-order valence-electron chi connectivity index (χ0n) is 15.0. The number of rotatable bonds is 4. The monoisotopic (exact) mass is 388 g/mol. The fourth-order valence-electron chi connectivity index (χ4n) is 2.27. The molecule has 128 valence electrons. The van der Waals surface area contributed by atoms with Gasteiger partial charge in [0.25, 0.3) is 0 Å². The molecular weight excluding hydrogens is 363 g/mol. The van der Waals surface area contributed by atoms with Crippen LogP contribution >= 0.6 is 0 Å². The number of hydrogen-bond acceptors (Lipinski definition) is 3. The molecule has 0 spiro atoms. The van der Waals surface area contributed by atoms with Crippen molar-refractivity contribution in [1.29, 1.82) is 0 Å². The van der Waals surface area contributed by atoms with Gasteiger partial charge >= 0.3 is 152 Å². The zero-order valence-corrected chi connectivity index (χ0v) is 17.4. The van der Waals surface area contributed by atoms with Crippen LogP contribution < -0.4 is 4.48 Å². The summed E-state index contributed by atoms with van der Waals surface area (Å²) in [5.74, 6) is -0.281. The van der Waals surface area contributed by atoms with Crippen molar-refractivity contribution in [2.45, 2.75) is 40.0 Å². The Bertz CT molecular complexity index is 770. The van der Waals surface area contributed by atoms with Crippen LogP contribution in [0.1, 0.15) is 45.9 Å². The summed E-state index contributed by atoms with van der Waals surface area (Å²) in [6, 6.07) is 10.2. The van der Waals surface area contributed by atoms with Gasteiger partial charge in [0.1, 0.15) is 0 Å². The molecule has 2 rings (SSSR count). The first kappa shape index (κ1) is 18.5. The molecule has 4 nitrogen and oxygen atoms in total. The van der Waals surface area contributed by atoms with Crippen LogP contribution in [0, 0.1) is 0 Å². The molecule has 0 N–H and O–H groups in total. The Kier molecular flexibility index (Phi) is 5.71. The molecule has 0 radical (unpaired) electrons. The van der Waals surface area contributed by atoms with E-state index >= 15 is 0 Å². The number of ether oxygens (including phenoxy) is 1. The zero-order chi connectivity index (χ0) is 17.9. The molecule has 0 amide bonds. The number of benzene rings is 1. The third kappa shape index (κ3) is 4.39. The molecule has 1 aromatic heterocycles. The van der Waals surface area contributed by atoms with Gasteiger partial charge in [0.15, 0.2) is 0 Å². The quantitative estimate of drug-likeness (QED) is 0.459. The van der Waals surface area contributed by atoms with Crippen LogP contribution in [0.15, 0.2) is 35.9 Å². The third-order valence-electron chi connectivity index (χ3n) is 3.60. The molecule has 2 aromatic rings. The maximum absolute atomic E-state index is 11.8. The molecular formula is C19H25AsN2O2. The van der Waals surface area contributed by atoms with E-state index < -0.39 is 0 Å².